The number of aliphatic hydroxyl groups excluding tert-OH is 1. The van der Waals surface area contributed by atoms with Crippen molar-refractivity contribution in [1.82, 2.24) is 14.9 Å². The molecule has 0 bridgehead atoms. The number of anilines is 3. The lowest BCUT2D eigenvalue weighted by Crippen LogP contribution is -2.47. The molecule has 1 aliphatic heterocycles. The van der Waals surface area contributed by atoms with E-state index >= 15 is 0 Å². The molecule has 1 saturated heterocycles. The average molecular weight is 393 g/mol. The Balaban J connectivity index is 1.88. The number of halogens is 1. The number of hydrogen-bond acceptors (Lipinski definition) is 8. The molecular formula is C17H21ClN6O3. The first-order valence-electron chi connectivity index (χ1n) is 8.60. The van der Waals surface area contributed by atoms with Gasteiger partial charge in [0.2, 0.25) is 11.6 Å². The van der Waals surface area contributed by atoms with Crippen LogP contribution in [0.15, 0.2) is 24.5 Å². The minimum atomic E-state index is -0.455. The molecule has 0 unspecified atom stereocenters. The number of rotatable bonds is 6. The van der Waals surface area contributed by atoms with Crippen LogP contribution < -0.4 is 10.2 Å². The third-order valence-electron chi connectivity index (χ3n) is 4.52. The third kappa shape index (κ3) is 4.44. The summed E-state index contributed by atoms with van der Waals surface area (Å²) in [5, 5.41) is 24.5. The van der Waals surface area contributed by atoms with Crippen molar-refractivity contribution in [3.8, 4) is 0 Å². The number of nitrogens with zero attached hydrogens (tertiary/aromatic N) is 5. The number of aliphatic hydroxyl groups is 1. The van der Waals surface area contributed by atoms with Crippen molar-refractivity contribution in [3.05, 3.63) is 45.2 Å². The van der Waals surface area contributed by atoms with Crippen LogP contribution in [0.5, 0.6) is 0 Å². The van der Waals surface area contributed by atoms with E-state index in [1.807, 2.05) is 11.8 Å². The predicted octanol–water partition coefficient (Wildman–Crippen LogP) is 2.20. The molecule has 2 heterocycles. The smallest absolute Gasteiger partial charge is 0.353 e. The van der Waals surface area contributed by atoms with Gasteiger partial charge >= 0.3 is 5.69 Å². The number of benzene rings is 1. The Kier molecular flexibility index (Phi) is 6.04. The van der Waals surface area contributed by atoms with Crippen LogP contribution in [0.1, 0.15) is 5.56 Å². The van der Waals surface area contributed by atoms with Crippen molar-refractivity contribution in [2.75, 3.05) is 49.5 Å². The maximum Gasteiger partial charge on any atom is 0.353 e. The molecule has 9 nitrogen and oxygen atoms in total. The van der Waals surface area contributed by atoms with Gasteiger partial charge in [-0.3, -0.25) is 15.0 Å². The molecule has 1 fully saturated rings. The van der Waals surface area contributed by atoms with Gasteiger partial charge in [-0.2, -0.15) is 0 Å². The van der Waals surface area contributed by atoms with Crippen LogP contribution in [0.4, 0.5) is 23.0 Å². The van der Waals surface area contributed by atoms with Gasteiger partial charge in [0.1, 0.15) is 6.33 Å². The molecule has 0 aliphatic carbocycles. The fourth-order valence-electron chi connectivity index (χ4n) is 3.08. The topological polar surface area (TPSA) is 108 Å². The highest BCUT2D eigenvalue weighted by Gasteiger charge is 2.29. The number of nitrogens with one attached hydrogen (secondary N) is 1. The lowest BCUT2D eigenvalue weighted by atomic mass is 10.2. The number of β-amino-alcohol motifs (C(OH)–C–C–N with tert-alkyl or cyclic N) is 1. The first kappa shape index (κ1) is 19.3. The highest BCUT2D eigenvalue weighted by Crippen LogP contribution is 2.34. The standard InChI is InChI=1S/C17H21ClN6O3/c1-12-10-13(18)2-3-14(12)21-16-15(24(26)27)17(20-11-19-16)23-6-4-22(5-7-23)8-9-25/h2-3,10-11,25H,4-9H2,1H3,(H,19,20,21). The summed E-state index contributed by atoms with van der Waals surface area (Å²) in [4.78, 5) is 23.6. The van der Waals surface area contributed by atoms with E-state index < -0.39 is 4.92 Å². The maximum absolute atomic E-state index is 11.8. The molecule has 27 heavy (non-hydrogen) atoms. The molecule has 0 atom stereocenters. The van der Waals surface area contributed by atoms with E-state index in [1.54, 1.807) is 18.2 Å². The molecule has 144 valence electrons. The summed E-state index contributed by atoms with van der Waals surface area (Å²) in [5.41, 5.74) is 1.40. The van der Waals surface area contributed by atoms with Crippen LogP contribution >= 0.6 is 11.6 Å². The second-order valence-electron chi connectivity index (χ2n) is 6.29. The van der Waals surface area contributed by atoms with E-state index in [0.717, 1.165) is 5.56 Å². The molecular weight excluding hydrogens is 372 g/mol. The van der Waals surface area contributed by atoms with Gasteiger partial charge < -0.3 is 15.3 Å². The number of hydrogen-bond donors (Lipinski definition) is 2. The molecule has 2 aromatic rings. The Hall–Kier alpha value is -2.49. The van der Waals surface area contributed by atoms with Gasteiger partial charge in [0.15, 0.2) is 0 Å². The predicted molar refractivity (Wildman–Crippen MR) is 104 cm³/mol. The van der Waals surface area contributed by atoms with E-state index in [4.69, 9.17) is 16.7 Å². The van der Waals surface area contributed by atoms with Crippen LogP contribution in [0.3, 0.4) is 0 Å². The second-order valence-corrected chi connectivity index (χ2v) is 6.72. The van der Waals surface area contributed by atoms with Crippen molar-refractivity contribution in [2.45, 2.75) is 6.92 Å². The number of aryl methyl sites for hydroxylation is 1. The Labute approximate surface area is 161 Å². The Morgan fingerprint density at radius 1 is 1.30 bits per heavy atom. The zero-order chi connectivity index (χ0) is 19.4. The summed E-state index contributed by atoms with van der Waals surface area (Å²) >= 11 is 5.97. The van der Waals surface area contributed by atoms with Crippen molar-refractivity contribution in [2.24, 2.45) is 0 Å². The second kappa shape index (κ2) is 8.47. The summed E-state index contributed by atoms with van der Waals surface area (Å²) in [7, 11) is 0. The number of aromatic nitrogens is 2. The Morgan fingerprint density at radius 3 is 2.67 bits per heavy atom. The fourth-order valence-corrected chi connectivity index (χ4v) is 3.31. The molecule has 0 radical (unpaired) electrons. The zero-order valence-electron chi connectivity index (χ0n) is 14.9. The SMILES string of the molecule is Cc1cc(Cl)ccc1Nc1ncnc(N2CCN(CCO)CC2)c1[N+](=O)[O-]. The van der Waals surface area contributed by atoms with Crippen molar-refractivity contribution in [3.63, 3.8) is 0 Å². The average Bonchev–Trinajstić information content (AvgIpc) is 2.64. The summed E-state index contributed by atoms with van der Waals surface area (Å²) in [5.74, 6) is 0.445. The zero-order valence-corrected chi connectivity index (χ0v) is 15.7. The van der Waals surface area contributed by atoms with Gasteiger partial charge in [-0.15, -0.1) is 0 Å². The molecule has 0 spiro atoms. The molecule has 10 heteroatoms. The molecule has 1 aliphatic rings. The first-order valence-corrected chi connectivity index (χ1v) is 8.98. The van der Waals surface area contributed by atoms with Crippen molar-refractivity contribution >= 4 is 34.6 Å². The van der Waals surface area contributed by atoms with Gasteiger partial charge in [0.25, 0.3) is 0 Å². The van der Waals surface area contributed by atoms with Crippen LogP contribution in [0, 0.1) is 17.0 Å². The fraction of sp³-hybridized carbons (Fsp3) is 0.412. The van der Waals surface area contributed by atoms with E-state index in [-0.39, 0.29) is 18.1 Å². The summed E-state index contributed by atoms with van der Waals surface area (Å²) in [6.45, 7) is 5.17. The lowest BCUT2D eigenvalue weighted by molar-refractivity contribution is -0.383. The van der Waals surface area contributed by atoms with Crippen LogP contribution in [-0.2, 0) is 0 Å². The molecule has 0 amide bonds. The minimum absolute atomic E-state index is 0.0994. The molecule has 1 aromatic heterocycles. The highest BCUT2D eigenvalue weighted by atomic mass is 35.5. The molecule has 1 aromatic carbocycles. The van der Waals surface area contributed by atoms with Crippen LogP contribution in [-0.4, -0.2) is 64.2 Å². The van der Waals surface area contributed by atoms with E-state index in [2.05, 4.69) is 20.2 Å². The first-order chi connectivity index (χ1) is 13.0. The van der Waals surface area contributed by atoms with Crippen LogP contribution in [0.2, 0.25) is 5.02 Å². The molecule has 3 rings (SSSR count). The number of nitro groups is 1. The van der Waals surface area contributed by atoms with Crippen molar-refractivity contribution in [1.29, 1.82) is 0 Å². The largest absolute Gasteiger partial charge is 0.395 e. The molecule has 2 N–H and O–H groups in total. The van der Waals surface area contributed by atoms with E-state index in [0.29, 0.717) is 49.3 Å². The third-order valence-corrected chi connectivity index (χ3v) is 4.75. The minimum Gasteiger partial charge on any atom is -0.395 e. The quantitative estimate of drug-likeness (QED) is 0.569. The summed E-state index contributed by atoms with van der Waals surface area (Å²) in [6.07, 6.45) is 1.33. The number of piperazine rings is 1. The van der Waals surface area contributed by atoms with Gasteiger partial charge in [-0.25, -0.2) is 9.97 Å². The normalized spacial score (nSPS) is 15.0. The summed E-state index contributed by atoms with van der Waals surface area (Å²) in [6, 6.07) is 5.25. The Morgan fingerprint density at radius 2 is 2.04 bits per heavy atom. The Bertz CT molecular complexity index is 826. The van der Waals surface area contributed by atoms with E-state index in [1.165, 1.54) is 6.33 Å². The van der Waals surface area contributed by atoms with Gasteiger partial charge in [-0.05, 0) is 30.7 Å². The van der Waals surface area contributed by atoms with Gasteiger partial charge in [0.05, 0.1) is 11.5 Å². The monoisotopic (exact) mass is 392 g/mol. The van der Waals surface area contributed by atoms with Gasteiger partial charge in [0, 0.05) is 43.4 Å². The van der Waals surface area contributed by atoms with E-state index in [9.17, 15) is 10.1 Å². The van der Waals surface area contributed by atoms with Crippen LogP contribution in [0.25, 0.3) is 0 Å². The highest BCUT2D eigenvalue weighted by molar-refractivity contribution is 6.30. The summed E-state index contributed by atoms with van der Waals surface area (Å²) < 4.78 is 0. The molecule has 0 saturated carbocycles. The lowest BCUT2D eigenvalue weighted by Gasteiger charge is -2.34. The van der Waals surface area contributed by atoms with Crippen molar-refractivity contribution < 1.29 is 10.0 Å². The van der Waals surface area contributed by atoms with Gasteiger partial charge in [-0.1, -0.05) is 11.6 Å². The maximum atomic E-state index is 11.8.